The van der Waals surface area contributed by atoms with Gasteiger partial charge in [0.2, 0.25) is 11.9 Å². The summed E-state index contributed by atoms with van der Waals surface area (Å²) in [5.41, 5.74) is 7.01. The van der Waals surface area contributed by atoms with E-state index in [9.17, 15) is 4.39 Å². The molecule has 0 bridgehead atoms. The summed E-state index contributed by atoms with van der Waals surface area (Å²) < 4.78 is 13.5. The largest absolute Gasteiger partial charge is 0.368 e. The van der Waals surface area contributed by atoms with E-state index in [1.165, 1.54) is 12.5 Å². The first-order valence-electron chi connectivity index (χ1n) is 7.57. The summed E-state index contributed by atoms with van der Waals surface area (Å²) in [6, 6.07) is 10.7. The first kappa shape index (κ1) is 14.7. The minimum Gasteiger partial charge on any atom is -0.368 e. The van der Waals surface area contributed by atoms with Gasteiger partial charge in [0.25, 0.3) is 0 Å². The molecule has 2 N–H and O–H groups in total. The maximum Gasteiger partial charge on any atom is 0.230 e. The molecule has 6 heteroatoms. The zero-order valence-corrected chi connectivity index (χ0v) is 12.8. The molecular weight excluding hydrogens is 281 g/mol. The zero-order valence-electron chi connectivity index (χ0n) is 12.8. The Morgan fingerprint density at radius 2 is 2.00 bits per heavy atom. The highest BCUT2D eigenvalue weighted by atomic mass is 19.1. The van der Waals surface area contributed by atoms with Crippen LogP contribution in [0.25, 0.3) is 0 Å². The van der Waals surface area contributed by atoms with Crippen molar-refractivity contribution in [1.29, 1.82) is 0 Å². The number of alkyl halides is 1. The summed E-state index contributed by atoms with van der Waals surface area (Å²) in [7, 11) is 0. The molecule has 1 fully saturated rings. The third kappa shape index (κ3) is 2.86. The van der Waals surface area contributed by atoms with Crippen LogP contribution < -0.4 is 10.6 Å². The number of nitrogen functional groups attached to an aromatic ring is 1. The van der Waals surface area contributed by atoms with Gasteiger partial charge in [-0.05, 0) is 25.8 Å². The molecule has 3 unspecified atom stereocenters. The predicted octanol–water partition coefficient (Wildman–Crippen LogP) is 2.87. The summed E-state index contributed by atoms with van der Waals surface area (Å²) >= 11 is 0. The van der Waals surface area contributed by atoms with Gasteiger partial charge in [0.1, 0.15) is 0 Å². The van der Waals surface area contributed by atoms with Gasteiger partial charge in [-0.2, -0.15) is 15.0 Å². The van der Waals surface area contributed by atoms with E-state index >= 15 is 0 Å². The van der Waals surface area contributed by atoms with Gasteiger partial charge in [0, 0.05) is 18.5 Å². The standard InChI is InChI=1S/C16H20FN5/c1-3-22(13-9-12(13)11-7-5-4-6-8-11)16-20-14(10(2)17)19-15(18)21-16/h4-8,10,12-13H,3,9H2,1-2H3,(H2,18,19,20,21). The number of hydrogen-bond donors (Lipinski definition) is 1. The zero-order chi connectivity index (χ0) is 15.7. The molecule has 1 aliphatic rings. The van der Waals surface area contributed by atoms with E-state index in [4.69, 9.17) is 5.73 Å². The molecule has 1 saturated carbocycles. The molecule has 3 rings (SSSR count). The number of nitrogens with zero attached hydrogens (tertiary/aromatic N) is 4. The lowest BCUT2D eigenvalue weighted by Gasteiger charge is -2.22. The van der Waals surface area contributed by atoms with Gasteiger partial charge in [0.15, 0.2) is 12.0 Å². The lowest BCUT2D eigenvalue weighted by molar-refractivity contribution is 0.356. The number of rotatable bonds is 5. The second kappa shape index (κ2) is 5.87. The molecule has 22 heavy (non-hydrogen) atoms. The van der Waals surface area contributed by atoms with E-state index in [0.717, 1.165) is 13.0 Å². The SMILES string of the molecule is CCN(c1nc(N)nc(C(C)F)n1)C1CC1c1ccccc1. The highest BCUT2D eigenvalue weighted by molar-refractivity contribution is 5.42. The van der Waals surface area contributed by atoms with E-state index in [2.05, 4.69) is 32.0 Å². The van der Waals surface area contributed by atoms with Crippen LogP contribution >= 0.6 is 0 Å². The maximum absolute atomic E-state index is 13.5. The first-order valence-corrected chi connectivity index (χ1v) is 7.57. The van der Waals surface area contributed by atoms with E-state index in [-0.39, 0.29) is 11.8 Å². The van der Waals surface area contributed by atoms with Crippen molar-refractivity contribution in [3.63, 3.8) is 0 Å². The number of anilines is 2. The summed E-state index contributed by atoms with van der Waals surface area (Å²) in [6.45, 7) is 4.19. The fourth-order valence-electron chi connectivity index (χ4n) is 2.81. The average Bonchev–Trinajstić information content (AvgIpc) is 3.29. The number of hydrogen-bond acceptors (Lipinski definition) is 5. The topological polar surface area (TPSA) is 67.9 Å². The van der Waals surface area contributed by atoms with Crippen molar-refractivity contribution >= 4 is 11.9 Å². The van der Waals surface area contributed by atoms with Crippen LogP contribution in [-0.4, -0.2) is 27.5 Å². The van der Waals surface area contributed by atoms with Crippen LogP contribution in [0, 0.1) is 0 Å². The van der Waals surface area contributed by atoms with Crippen molar-refractivity contribution in [2.24, 2.45) is 0 Å². The molecule has 116 valence electrons. The van der Waals surface area contributed by atoms with E-state index in [1.54, 1.807) is 0 Å². The Labute approximate surface area is 129 Å². The fourth-order valence-corrected chi connectivity index (χ4v) is 2.81. The van der Waals surface area contributed by atoms with Gasteiger partial charge in [-0.25, -0.2) is 4.39 Å². The highest BCUT2D eigenvalue weighted by Gasteiger charge is 2.43. The van der Waals surface area contributed by atoms with Crippen LogP contribution in [0.5, 0.6) is 0 Å². The first-order chi connectivity index (χ1) is 10.6. The second-order valence-electron chi connectivity index (χ2n) is 5.57. The van der Waals surface area contributed by atoms with Crippen molar-refractivity contribution < 1.29 is 4.39 Å². The Bertz CT molecular complexity index is 646. The Morgan fingerprint density at radius 1 is 1.27 bits per heavy atom. The summed E-state index contributed by atoms with van der Waals surface area (Å²) in [4.78, 5) is 14.4. The fraction of sp³-hybridized carbons (Fsp3) is 0.438. The lowest BCUT2D eigenvalue weighted by Crippen LogP contribution is -2.29. The van der Waals surface area contributed by atoms with Gasteiger partial charge in [0.05, 0.1) is 0 Å². The number of nitrogens with two attached hydrogens (primary N) is 1. The van der Waals surface area contributed by atoms with Gasteiger partial charge in [-0.1, -0.05) is 30.3 Å². The minimum atomic E-state index is -1.26. The molecule has 1 heterocycles. The van der Waals surface area contributed by atoms with Crippen molar-refractivity contribution in [1.82, 2.24) is 15.0 Å². The molecule has 1 aromatic carbocycles. The average molecular weight is 301 g/mol. The number of halogens is 1. The van der Waals surface area contributed by atoms with Crippen molar-refractivity contribution in [3.05, 3.63) is 41.7 Å². The second-order valence-corrected chi connectivity index (χ2v) is 5.57. The normalized spacial score (nSPS) is 21.4. The Kier molecular flexibility index (Phi) is 3.92. The Balaban J connectivity index is 1.84. The van der Waals surface area contributed by atoms with Crippen LogP contribution in [0.4, 0.5) is 16.3 Å². The molecule has 0 aliphatic heterocycles. The molecule has 0 spiro atoms. The molecule has 5 nitrogen and oxygen atoms in total. The van der Waals surface area contributed by atoms with Gasteiger partial charge in [-0.3, -0.25) is 0 Å². The lowest BCUT2D eigenvalue weighted by atomic mass is 10.1. The summed E-state index contributed by atoms with van der Waals surface area (Å²) in [6.07, 6.45) is -0.212. The monoisotopic (exact) mass is 301 g/mol. The van der Waals surface area contributed by atoms with Crippen LogP contribution in [0.1, 0.15) is 43.7 Å². The molecular formula is C16H20FN5. The molecule has 1 aliphatic carbocycles. The van der Waals surface area contributed by atoms with Gasteiger partial charge in [-0.15, -0.1) is 0 Å². The molecule has 0 amide bonds. The van der Waals surface area contributed by atoms with Crippen LogP contribution in [-0.2, 0) is 0 Å². The number of aromatic nitrogens is 3. The Morgan fingerprint density at radius 3 is 2.64 bits per heavy atom. The summed E-state index contributed by atoms with van der Waals surface area (Å²) in [5.74, 6) is 1.10. The third-order valence-corrected chi connectivity index (χ3v) is 4.00. The maximum atomic E-state index is 13.5. The molecule has 2 aromatic rings. The highest BCUT2D eigenvalue weighted by Crippen LogP contribution is 2.45. The van der Waals surface area contributed by atoms with Crippen LogP contribution in [0.2, 0.25) is 0 Å². The van der Waals surface area contributed by atoms with Crippen LogP contribution in [0.3, 0.4) is 0 Å². The molecule has 3 atom stereocenters. The molecule has 1 aromatic heterocycles. The molecule has 0 saturated heterocycles. The number of benzene rings is 1. The minimum absolute atomic E-state index is 0.0693. The Hall–Kier alpha value is -2.24. The number of likely N-dealkylation sites (N-methyl/N-ethyl adjacent to an activating group) is 1. The smallest absolute Gasteiger partial charge is 0.230 e. The van der Waals surface area contributed by atoms with E-state index < -0.39 is 6.17 Å². The predicted molar refractivity (Wildman–Crippen MR) is 84.4 cm³/mol. The van der Waals surface area contributed by atoms with Gasteiger partial charge >= 0.3 is 0 Å². The van der Waals surface area contributed by atoms with Gasteiger partial charge < -0.3 is 10.6 Å². The quantitative estimate of drug-likeness (QED) is 0.919. The van der Waals surface area contributed by atoms with Crippen molar-refractivity contribution in [2.75, 3.05) is 17.2 Å². The molecule has 0 radical (unpaired) electrons. The van der Waals surface area contributed by atoms with E-state index in [0.29, 0.717) is 17.9 Å². The van der Waals surface area contributed by atoms with Crippen molar-refractivity contribution in [3.8, 4) is 0 Å². The van der Waals surface area contributed by atoms with Crippen molar-refractivity contribution in [2.45, 2.75) is 38.4 Å². The third-order valence-electron chi connectivity index (χ3n) is 4.00. The van der Waals surface area contributed by atoms with E-state index in [1.807, 2.05) is 25.1 Å². The van der Waals surface area contributed by atoms with Crippen LogP contribution in [0.15, 0.2) is 30.3 Å². The summed E-state index contributed by atoms with van der Waals surface area (Å²) in [5, 5.41) is 0.